The highest BCUT2D eigenvalue weighted by Crippen LogP contribution is 2.49. The van der Waals surface area contributed by atoms with Crippen LogP contribution in [0.2, 0.25) is 0 Å². The molecule has 0 bridgehead atoms. The Balaban J connectivity index is 1.90. The number of hydrogen-bond donors (Lipinski definition) is 1. The standard InChI is InChI=1S/C19H18FNO2/c1-12-7-8-14(13(2)22)11-17(12)21-18(23)19(9-10-19)15-5-3-4-6-16(15)20/h3-8,11H,9-10H2,1-2H3,(H,21,23). The first-order valence-corrected chi connectivity index (χ1v) is 7.62. The molecule has 1 saturated carbocycles. The molecule has 0 saturated heterocycles. The van der Waals surface area contributed by atoms with Crippen molar-refractivity contribution in [3.8, 4) is 0 Å². The highest BCUT2D eigenvalue weighted by molar-refractivity contribution is 6.03. The van der Waals surface area contributed by atoms with Gasteiger partial charge < -0.3 is 5.32 Å². The summed E-state index contributed by atoms with van der Waals surface area (Å²) in [7, 11) is 0. The molecule has 0 aromatic heterocycles. The van der Waals surface area contributed by atoms with Gasteiger partial charge in [-0.3, -0.25) is 9.59 Å². The molecule has 1 amide bonds. The van der Waals surface area contributed by atoms with E-state index in [1.54, 1.807) is 36.4 Å². The summed E-state index contributed by atoms with van der Waals surface area (Å²) in [6, 6.07) is 11.6. The van der Waals surface area contributed by atoms with Crippen molar-refractivity contribution in [1.82, 2.24) is 0 Å². The van der Waals surface area contributed by atoms with Crippen LogP contribution in [0.25, 0.3) is 0 Å². The Hall–Kier alpha value is -2.49. The van der Waals surface area contributed by atoms with Crippen molar-refractivity contribution in [2.24, 2.45) is 0 Å². The summed E-state index contributed by atoms with van der Waals surface area (Å²) in [6.07, 6.45) is 1.26. The number of rotatable bonds is 4. The second-order valence-corrected chi connectivity index (χ2v) is 6.10. The lowest BCUT2D eigenvalue weighted by atomic mass is 9.94. The van der Waals surface area contributed by atoms with Crippen LogP contribution in [0.5, 0.6) is 0 Å². The molecule has 1 fully saturated rings. The Labute approximate surface area is 134 Å². The zero-order valence-corrected chi connectivity index (χ0v) is 13.2. The van der Waals surface area contributed by atoms with Crippen LogP contribution in [0.1, 0.15) is 41.3 Å². The van der Waals surface area contributed by atoms with Gasteiger partial charge in [-0.1, -0.05) is 30.3 Å². The number of carbonyl (C=O) groups excluding carboxylic acids is 2. The molecule has 1 aliphatic rings. The van der Waals surface area contributed by atoms with Crippen molar-refractivity contribution in [3.63, 3.8) is 0 Å². The molecule has 23 heavy (non-hydrogen) atoms. The lowest BCUT2D eigenvalue weighted by Gasteiger charge is -2.18. The molecule has 1 aliphatic carbocycles. The summed E-state index contributed by atoms with van der Waals surface area (Å²) in [5.41, 5.74) is 1.67. The predicted molar refractivity (Wildman–Crippen MR) is 87.1 cm³/mol. The summed E-state index contributed by atoms with van der Waals surface area (Å²) in [5.74, 6) is -0.628. The average molecular weight is 311 g/mol. The molecule has 0 spiro atoms. The Kier molecular flexibility index (Phi) is 3.76. The van der Waals surface area contributed by atoms with Gasteiger partial charge in [0, 0.05) is 16.8 Å². The molecule has 0 atom stereocenters. The minimum Gasteiger partial charge on any atom is -0.325 e. The molecule has 0 aliphatic heterocycles. The van der Waals surface area contributed by atoms with E-state index in [1.807, 2.05) is 6.92 Å². The monoisotopic (exact) mass is 311 g/mol. The van der Waals surface area contributed by atoms with Crippen molar-refractivity contribution in [2.75, 3.05) is 5.32 Å². The number of nitrogens with one attached hydrogen (secondary N) is 1. The minimum absolute atomic E-state index is 0.0595. The lowest BCUT2D eigenvalue weighted by molar-refractivity contribution is -0.118. The third-order valence-corrected chi connectivity index (χ3v) is 4.47. The number of Topliss-reactive ketones (excluding diaryl/α,β-unsaturated/α-hetero) is 1. The van der Waals surface area contributed by atoms with Gasteiger partial charge in [-0.2, -0.15) is 0 Å². The van der Waals surface area contributed by atoms with E-state index >= 15 is 0 Å². The molecule has 0 unspecified atom stereocenters. The van der Waals surface area contributed by atoms with E-state index in [0.29, 0.717) is 29.7 Å². The number of halogens is 1. The van der Waals surface area contributed by atoms with Crippen LogP contribution in [0.3, 0.4) is 0 Å². The molecular formula is C19H18FNO2. The summed E-state index contributed by atoms with van der Waals surface area (Å²) in [4.78, 5) is 24.2. The number of carbonyl (C=O) groups is 2. The molecule has 0 radical (unpaired) electrons. The highest BCUT2D eigenvalue weighted by atomic mass is 19.1. The van der Waals surface area contributed by atoms with Crippen molar-refractivity contribution in [3.05, 3.63) is 65.0 Å². The number of aryl methyl sites for hydroxylation is 1. The molecule has 3 rings (SSSR count). The smallest absolute Gasteiger partial charge is 0.235 e. The van der Waals surface area contributed by atoms with E-state index in [0.717, 1.165) is 5.56 Å². The summed E-state index contributed by atoms with van der Waals surface area (Å²) in [6.45, 7) is 3.35. The zero-order chi connectivity index (χ0) is 16.6. The zero-order valence-electron chi connectivity index (χ0n) is 13.2. The second kappa shape index (κ2) is 5.61. The van der Waals surface area contributed by atoms with E-state index in [4.69, 9.17) is 0 Å². The molecule has 4 heteroatoms. The molecule has 118 valence electrons. The van der Waals surface area contributed by atoms with E-state index in [1.165, 1.54) is 13.0 Å². The fourth-order valence-corrected chi connectivity index (χ4v) is 2.81. The van der Waals surface area contributed by atoms with E-state index in [-0.39, 0.29) is 17.5 Å². The summed E-state index contributed by atoms with van der Waals surface area (Å²) < 4.78 is 14.0. The fourth-order valence-electron chi connectivity index (χ4n) is 2.81. The van der Waals surface area contributed by atoms with Crippen molar-refractivity contribution >= 4 is 17.4 Å². The van der Waals surface area contributed by atoms with Crippen molar-refractivity contribution < 1.29 is 14.0 Å². The maximum Gasteiger partial charge on any atom is 0.235 e. The average Bonchev–Trinajstić information content (AvgIpc) is 3.31. The number of benzene rings is 2. The third-order valence-electron chi connectivity index (χ3n) is 4.47. The van der Waals surface area contributed by atoms with Gasteiger partial charge in [0.2, 0.25) is 5.91 Å². The summed E-state index contributed by atoms with van der Waals surface area (Å²) in [5, 5.41) is 2.88. The number of ketones is 1. The van der Waals surface area contributed by atoms with Gasteiger partial charge in [0.25, 0.3) is 0 Å². The third kappa shape index (κ3) is 2.77. The van der Waals surface area contributed by atoms with Crippen LogP contribution in [0, 0.1) is 12.7 Å². The van der Waals surface area contributed by atoms with Gasteiger partial charge in [0.05, 0.1) is 5.41 Å². The topological polar surface area (TPSA) is 46.2 Å². The van der Waals surface area contributed by atoms with Gasteiger partial charge in [-0.25, -0.2) is 4.39 Å². The van der Waals surface area contributed by atoms with Crippen LogP contribution in [0.4, 0.5) is 10.1 Å². The number of amides is 1. The second-order valence-electron chi connectivity index (χ2n) is 6.10. The predicted octanol–water partition coefficient (Wildman–Crippen LogP) is 4.01. The molecule has 1 N–H and O–H groups in total. The number of anilines is 1. The maximum absolute atomic E-state index is 14.0. The van der Waals surface area contributed by atoms with Crippen LogP contribution in [-0.4, -0.2) is 11.7 Å². The molecule has 0 heterocycles. The van der Waals surface area contributed by atoms with Gasteiger partial charge >= 0.3 is 0 Å². The summed E-state index contributed by atoms with van der Waals surface area (Å²) >= 11 is 0. The highest BCUT2D eigenvalue weighted by Gasteiger charge is 2.52. The largest absolute Gasteiger partial charge is 0.325 e. The molecule has 2 aromatic carbocycles. The Morgan fingerprint density at radius 3 is 2.43 bits per heavy atom. The molecular weight excluding hydrogens is 293 g/mol. The number of hydrogen-bond acceptors (Lipinski definition) is 2. The van der Waals surface area contributed by atoms with E-state index < -0.39 is 5.41 Å². The van der Waals surface area contributed by atoms with Crippen LogP contribution in [-0.2, 0) is 10.2 Å². The first kappa shape index (κ1) is 15.4. The van der Waals surface area contributed by atoms with Gasteiger partial charge in [-0.15, -0.1) is 0 Å². The molecule has 3 nitrogen and oxygen atoms in total. The van der Waals surface area contributed by atoms with Crippen molar-refractivity contribution in [2.45, 2.75) is 32.1 Å². The fraction of sp³-hybridized carbons (Fsp3) is 0.263. The Morgan fingerprint density at radius 1 is 1.13 bits per heavy atom. The van der Waals surface area contributed by atoms with Gasteiger partial charge in [0.15, 0.2) is 5.78 Å². The normalized spacial score (nSPS) is 15.1. The SMILES string of the molecule is CC(=O)c1ccc(C)c(NC(=O)C2(c3ccccc3F)CC2)c1. The van der Waals surface area contributed by atoms with Crippen LogP contribution >= 0.6 is 0 Å². The minimum atomic E-state index is -0.788. The quantitative estimate of drug-likeness (QED) is 0.867. The van der Waals surface area contributed by atoms with Gasteiger partial charge in [0.1, 0.15) is 5.82 Å². The van der Waals surface area contributed by atoms with E-state index in [9.17, 15) is 14.0 Å². The Morgan fingerprint density at radius 2 is 1.83 bits per heavy atom. The van der Waals surface area contributed by atoms with Crippen LogP contribution in [0.15, 0.2) is 42.5 Å². The van der Waals surface area contributed by atoms with E-state index in [2.05, 4.69) is 5.32 Å². The Bertz CT molecular complexity index is 794. The van der Waals surface area contributed by atoms with Crippen molar-refractivity contribution in [1.29, 1.82) is 0 Å². The van der Waals surface area contributed by atoms with Gasteiger partial charge in [-0.05, 0) is 44.4 Å². The molecule has 2 aromatic rings. The maximum atomic E-state index is 14.0. The lowest BCUT2D eigenvalue weighted by Crippen LogP contribution is -2.29. The first-order valence-electron chi connectivity index (χ1n) is 7.62. The first-order chi connectivity index (χ1) is 10.9. The van der Waals surface area contributed by atoms with Crippen LogP contribution < -0.4 is 5.32 Å².